The third kappa shape index (κ3) is 2.50. The van der Waals surface area contributed by atoms with E-state index in [1.807, 2.05) is 38.4 Å². The second-order valence-electron chi connectivity index (χ2n) is 5.21. The Morgan fingerprint density at radius 3 is 2.67 bits per heavy atom. The van der Waals surface area contributed by atoms with Crippen LogP contribution < -0.4 is 5.32 Å². The Balaban J connectivity index is 2.38. The first-order valence-corrected chi connectivity index (χ1v) is 5.82. The molecule has 0 radical (unpaired) electrons. The number of nitrogens with zero attached hydrogens (tertiary/aromatic N) is 3. The van der Waals surface area contributed by atoms with E-state index in [9.17, 15) is 4.39 Å². The normalized spacial score (nSPS) is 11.6. The molecule has 0 saturated heterocycles. The van der Waals surface area contributed by atoms with Crippen molar-refractivity contribution < 1.29 is 4.39 Å². The number of hydrogen-bond acceptors (Lipinski definition) is 3. The van der Waals surface area contributed by atoms with Gasteiger partial charge in [-0.25, -0.2) is 14.1 Å². The summed E-state index contributed by atoms with van der Waals surface area (Å²) >= 11 is 0. The van der Waals surface area contributed by atoms with Crippen molar-refractivity contribution in [3.8, 4) is 0 Å². The summed E-state index contributed by atoms with van der Waals surface area (Å²) in [5.74, 6) is 0.567. The van der Waals surface area contributed by atoms with Crippen molar-refractivity contribution in [1.29, 1.82) is 0 Å². The zero-order valence-corrected chi connectivity index (χ0v) is 11.0. The Kier molecular flexibility index (Phi) is 3.07. The second-order valence-corrected chi connectivity index (χ2v) is 5.21. The molecule has 0 atom stereocenters. The largest absolute Gasteiger partial charge is 0.323 e. The lowest BCUT2D eigenvalue weighted by molar-refractivity contribution is 0.359. The maximum absolute atomic E-state index is 13.6. The van der Waals surface area contributed by atoms with Gasteiger partial charge in [-0.1, -0.05) is 0 Å². The van der Waals surface area contributed by atoms with Gasteiger partial charge in [0, 0.05) is 12.3 Å². The van der Waals surface area contributed by atoms with Crippen molar-refractivity contribution in [2.45, 2.75) is 33.2 Å². The van der Waals surface area contributed by atoms with Crippen LogP contribution in [0.25, 0.3) is 0 Å². The Morgan fingerprint density at radius 1 is 1.33 bits per heavy atom. The van der Waals surface area contributed by atoms with E-state index < -0.39 is 0 Å². The average Bonchev–Trinajstić information content (AvgIpc) is 2.63. The monoisotopic (exact) mass is 248 g/mol. The number of pyridine rings is 1. The van der Waals surface area contributed by atoms with Crippen molar-refractivity contribution in [2.75, 3.05) is 5.32 Å². The predicted octanol–water partition coefficient (Wildman–Crippen LogP) is 3.22. The van der Waals surface area contributed by atoms with E-state index >= 15 is 0 Å². The molecule has 0 saturated carbocycles. The van der Waals surface area contributed by atoms with Gasteiger partial charge in [0.25, 0.3) is 0 Å². The molecular formula is C13H17FN4. The lowest BCUT2D eigenvalue weighted by Crippen LogP contribution is -2.24. The van der Waals surface area contributed by atoms with Crippen molar-refractivity contribution in [1.82, 2.24) is 14.8 Å². The van der Waals surface area contributed by atoms with Crippen LogP contribution in [0.1, 0.15) is 26.5 Å². The first kappa shape index (κ1) is 12.5. The summed E-state index contributed by atoms with van der Waals surface area (Å²) in [6, 6.07) is 4.81. The van der Waals surface area contributed by atoms with E-state index in [-0.39, 0.29) is 17.2 Å². The molecule has 96 valence electrons. The molecule has 0 spiro atoms. The van der Waals surface area contributed by atoms with Gasteiger partial charge in [-0.2, -0.15) is 5.10 Å². The van der Waals surface area contributed by atoms with Crippen LogP contribution in [-0.4, -0.2) is 14.8 Å². The highest BCUT2D eigenvalue weighted by atomic mass is 19.1. The molecule has 0 fully saturated rings. The second kappa shape index (κ2) is 4.40. The summed E-state index contributed by atoms with van der Waals surface area (Å²) in [4.78, 5) is 3.98. The van der Waals surface area contributed by atoms with Crippen molar-refractivity contribution >= 4 is 11.6 Å². The van der Waals surface area contributed by atoms with Gasteiger partial charge in [-0.3, -0.25) is 0 Å². The average molecular weight is 248 g/mol. The zero-order valence-electron chi connectivity index (χ0n) is 11.0. The fraction of sp³-hybridized carbons (Fsp3) is 0.385. The molecule has 5 heteroatoms. The van der Waals surface area contributed by atoms with Crippen LogP contribution in [0.15, 0.2) is 24.4 Å². The molecule has 2 rings (SSSR count). The Bertz CT molecular complexity index is 554. The molecule has 18 heavy (non-hydrogen) atoms. The van der Waals surface area contributed by atoms with Gasteiger partial charge in [0.05, 0.1) is 11.2 Å². The molecule has 4 nitrogen and oxygen atoms in total. The number of nitrogens with one attached hydrogen (secondary N) is 1. The lowest BCUT2D eigenvalue weighted by Gasteiger charge is -2.22. The number of hydrogen-bond donors (Lipinski definition) is 1. The highest BCUT2D eigenvalue weighted by Crippen LogP contribution is 2.24. The van der Waals surface area contributed by atoms with Crippen LogP contribution in [0, 0.1) is 12.7 Å². The van der Waals surface area contributed by atoms with Crippen LogP contribution in [-0.2, 0) is 5.54 Å². The maximum atomic E-state index is 13.6. The number of anilines is 2. The molecule has 0 aliphatic heterocycles. The number of aromatic nitrogens is 3. The Labute approximate surface area is 106 Å². The van der Waals surface area contributed by atoms with E-state index in [0.29, 0.717) is 0 Å². The maximum Gasteiger partial charge on any atom is 0.167 e. The van der Waals surface area contributed by atoms with Gasteiger partial charge in [0.15, 0.2) is 11.6 Å². The molecule has 0 aliphatic rings. The predicted molar refractivity (Wildman–Crippen MR) is 69.4 cm³/mol. The van der Waals surface area contributed by atoms with E-state index in [4.69, 9.17) is 0 Å². The molecule has 0 aliphatic carbocycles. The lowest BCUT2D eigenvalue weighted by atomic mass is 10.1. The first-order chi connectivity index (χ1) is 8.38. The van der Waals surface area contributed by atoms with Gasteiger partial charge in [-0.05, 0) is 39.8 Å². The highest BCUT2D eigenvalue weighted by molar-refractivity contribution is 5.53. The van der Waals surface area contributed by atoms with E-state index in [2.05, 4.69) is 15.4 Å². The van der Waals surface area contributed by atoms with Gasteiger partial charge in [0.2, 0.25) is 0 Å². The standard InChI is InChI=1S/C13H17FN4/c1-9-8-11(18(17-9)13(2,3)4)16-12-10(14)6-5-7-15-12/h5-8H,1-4H3,(H,15,16). The fourth-order valence-electron chi connectivity index (χ4n) is 1.70. The topological polar surface area (TPSA) is 42.7 Å². The molecule has 0 amide bonds. The van der Waals surface area contributed by atoms with Crippen molar-refractivity contribution in [3.63, 3.8) is 0 Å². The minimum atomic E-state index is -0.378. The van der Waals surface area contributed by atoms with Gasteiger partial charge < -0.3 is 5.32 Å². The molecular weight excluding hydrogens is 231 g/mol. The molecule has 2 heterocycles. The quantitative estimate of drug-likeness (QED) is 0.887. The summed E-state index contributed by atoms with van der Waals surface area (Å²) in [6.07, 6.45) is 1.55. The Hall–Kier alpha value is -1.91. The highest BCUT2D eigenvalue weighted by Gasteiger charge is 2.19. The van der Waals surface area contributed by atoms with Gasteiger partial charge in [0.1, 0.15) is 5.82 Å². The SMILES string of the molecule is Cc1cc(Nc2ncccc2F)n(C(C)(C)C)n1. The third-order valence-electron chi connectivity index (χ3n) is 2.47. The molecule has 1 N–H and O–H groups in total. The summed E-state index contributed by atoms with van der Waals surface area (Å²) in [5.41, 5.74) is 0.700. The summed E-state index contributed by atoms with van der Waals surface area (Å²) in [5, 5.41) is 7.39. The number of aryl methyl sites for hydroxylation is 1. The van der Waals surface area contributed by atoms with Crippen LogP contribution in [0.5, 0.6) is 0 Å². The number of rotatable bonds is 2. The third-order valence-corrected chi connectivity index (χ3v) is 2.47. The van der Waals surface area contributed by atoms with E-state index in [1.165, 1.54) is 6.07 Å². The summed E-state index contributed by atoms with van der Waals surface area (Å²) in [7, 11) is 0. The van der Waals surface area contributed by atoms with Crippen LogP contribution in [0.4, 0.5) is 16.0 Å². The number of halogens is 1. The molecule has 0 unspecified atom stereocenters. The van der Waals surface area contributed by atoms with E-state index in [0.717, 1.165) is 11.5 Å². The zero-order chi connectivity index (χ0) is 13.3. The smallest absolute Gasteiger partial charge is 0.167 e. The minimum Gasteiger partial charge on any atom is -0.323 e. The van der Waals surface area contributed by atoms with Crippen LogP contribution in [0.3, 0.4) is 0 Å². The molecule has 0 aromatic carbocycles. The van der Waals surface area contributed by atoms with Gasteiger partial charge in [-0.15, -0.1) is 0 Å². The fourth-order valence-corrected chi connectivity index (χ4v) is 1.70. The summed E-state index contributed by atoms with van der Waals surface area (Å²) in [6.45, 7) is 8.03. The van der Waals surface area contributed by atoms with Crippen molar-refractivity contribution in [3.05, 3.63) is 35.9 Å². The molecule has 2 aromatic rings. The Morgan fingerprint density at radius 2 is 2.06 bits per heavy atom. The molecule has 2 aromatic heterocycles. The van der Waals surface area contributed by atoms with Crippen LogP contribution >= 0.6 is 0 Å². The van der Waals surface area contributed by atoms with E-state index in [1.54, 1.807) is 12.3 Å². The van der Waals surface area contributed by atoms with Gasteiger partial charge >= 0.3 is 0 Å². The minimum absolute atomic E-state index is 0.179. The van der Waals surface area contributed by atoms with Crippen LogP contribution in [0.2, 0.25) is 0 Å². The first-order valence-electron chi connectivity index (χ1n) is 5.82. The van der Waals surface area contributed by atoms with Crippen molar-refractivity contribution in [2.24, 2.45) is 0 Å². The molecule has 0 bridgehead atoms. The summed E-state index contributed by atoms with van der Waals surface area (Å²) < 4.78 is 15.4.